The van der Waals surface area contributed by atoms with Crippen molar-refractivity contribution in [2.75, 3.05) is 11.9 Å². The molecule has 1 heterocycles. The quantitative estimate of drug-likeness (QED) is 0.241. The third kappa shape index (κ3) is 8.91. The maximum atomic E-state index is 10.6. The van der Waals surface area contributed by atoms with Gasteiger partial charge in [-0.1, -0.05) is 62.4 Å². The molecule has 1 aromatic heterocycles. The van der Waals surface area contributed by atoms with Gasteiger partial charge in [-0.15, -0.1) is 0 Å². The van der Waals surface area contributed by atoms with Crippen molar-refractivity contribution in [3.8, 4) is 11.1 Å². The summed E-state index contributed by atoms with van der Waals surface area (Å²) in [5, 5.41) is 15.3. The number of benzene rings is 3. The Morgan fingerprint density at radius 3 is 2.30 bits per heavy atom. The van der Waals surface area contributed by atoms with Crippen LogP contribution in [0.5, 0.6) is 0 Å². The summed E-state index contributed by atoms with van der Waals surface area (Å²) in [5.41, 5.74) is 7.24. The van der Waals surface area contributed by atoms with E-state index in [2.05, 4.69) is 102 Å². The number of alkyl halides is 3. The number of carboxylic acid groups (broad SMARTS) is 1. The molecule has 0 bridgehead atoms. The van der Waals surface area contributed by atoms with E-state index in [4.69, 9.17) is 9.90 Å². The van der Waals surface area contributed by atoms with Gasteiger partial charge in [-0.05, 0) is 65.0 Å². The number of carbonyl (C=O) groups is 1. The second-order valence-electron chi connectivity index (χ2n) is 8.99. The molecule has 0 fully saturated rings. The predicted octanol–water partition coefficient (Wildman–Crippen LogP) is 6.89. The smallest absolute Gasteiger partial charge is 0.475 e. The molecule has 0 saturated heterocycles. The number of hydrogen-bond acceptors (Lipinski definition) is 4. The Morgan fingerprint density at radius 2 is 1.62 bits per heavy atom. The van der Waals surface area contributed by atoms with Gasteiger partial charge < -0.3 is 15.7 Å². The lowest BCUT2D eigenvalue weighted by atomic mass is 10.0. The number of fused-ring (bicyclic) bond motifs is 1. The normalized spacial score (nSPS) is 11.2. The first-order valence-corrected chi connectivity index (χ1v) is 11.9. The van der Waals surface area contributed by atoms with Gasteiger partial charge in [-0.25, -0.2) is 4.79 Å². The number of nitrogens with one attached hydrogen (secondary N) is 2. The van der Waals surface area contributed by atoms with E-state index >= 15 is 0 Å². The largest absolute Gasteiger partial charge is 0.490 e. The van der Waals surface area contributed by atoms with Crippen LogP contribution >= 0.6 is 0 Å². The Morgan fingerprint density at radius 1 is 0.892 bits per heavy atom. The van der Waals surface area contributed by atoms with Crippen LogP contribution in [0.1, 0.15) is 25.0 Å². The number of pyridine rings is 1. The lowest BCUT2D eigenvalue weighted by Crippen LogP contribution is -2.21. The molecule has 0 saturated carbocycles. The van der Waals surface area contributed by atoms with Crippen molar-refractivity contribution in [2.45, 2.75) is 33.1 Å². The number of rotatable bonds is 8. The second kappa shape index (κ2) is 12.9. The topological polar surface area (TPSA) is 74.2 Å². The van der Waals surface area contributed by atoms with E-state index < -0.39 is 12.1 Å². The molecule has 4 rings (SSSR count). The maximum absolute atomic E-state index is 10.6. The SMILES string of the molecule is CC(C)CNCc1cccc(-c2ccc(CNc3ccc4ncccc4c3)cc2)c1.O=C(O)C(F)(F)F. The van der Waals surface area contributed by atoms with Gasteiger partial charge in [0.1, 0.15) is 0 Å². The molecule has 0 unspecified atom stereocenters. The fourth-order valence-electron chi connectivity index (χ4n) is 3.57. The summed E-state index contributed by atoms with van der Waals surface area (Å²) in [6, 6.07) is 28.0. The van der Waals surface area contributed by atoms with Crippen LogP contribution in [0.2, 0.25) is 0 Å². The van der Waals surface area contributed by atoms with E-state index in [1.807, 2.05) is 12.3 Å². The molecule has 3 N–H and O–H groups in total. The number of nitrogens with zero attached hydrogens (tertiary/aromatic N) is 1. The van der Waals surface area contributed by atoms with Crippen LogP contribution in [0.3, 0.4) is 0 Å². The molecule has 0 aliphatic rings. The van der Waals surface area contributed by atoms with Gasteiger partial charge in [0.25, 0.3) is 0 Å². The highest BCUT2D eigenvalue weighted by Crippen LogP contribution is 2.22. The van der Waals surface area contributed by atoms with E-state index in [1.54, 1.807) is 0 Å². The molecule has 0 spiro atoms. The lowest BCUT2D eigenvalue weighted by Gasteiger charge is -2.10. The Bertz CT molecular complexity index is 1310. The molecule has 3 aromatic carbocycles. The molecule has 0 aliphatic carbocycles. The van der Waals surface area contributed by atoms with Crippen LogP contribution in [0.4, 0.5) is 18.9 Å². The van der Waals surface area contributed by atoms with Crippen LogP contribution in [0.15, 0.2) is 85.1 Å². The minimum atomic E-state index is -5.08. The van der Waals surface area contributed by atoms with Crippen molar-refractivity contribution >= 4 is 22.6 Å². The Balaban J connectivity index is 0.000000479. The zero-order valence-electron chi connectivity index (χ0n) is 20.7. The molecule has 194 valence electrons. The zero-order chi connectivity index (χ0) is 26.8. The van der Waals surface area contributed by atoms with Gasteiger partial charge in [0.05, 0.1) is 5.52 Å². The third-order valence-corrected chi connectivity index (χ3v) is 5.44. The van der Waals surface area contributed by atoms with Crippen molar-refractivity contribution in [3.63, 3.8) is 0 Å². The van der Waals surface area contributed by atoms with Crippen molar-refractivity contribution in [1.82, 2.24) is 10.3 Å². The average molecular weight is 510 g/mol. The Kier molecular flexibility index (Phi) is 9.63. The fraction of sp³-hybridized carbons (Fsp3) is 0.241. The Labute approximate surface area is 214 Å². The van der Waals surface area contributed by atoms with Gasteiger partial charge in [0, 0.05) is 30.4 Å². The van der Waals surface area contributed by atoms with Crippen LogP contribution < -0.4 is 10.6 Å². The second-order valence-corrected chi connectivity index (χ2v) is 8.99. The molecule has 37 heavy (non-hydrogen) atoms. The van der Waals surface area contributed by atoms with Crippen LogP contribution in [0.25, 0.3) is 22.0 Å². The minimum Gasteiger partial charge on any atom is -0.475 e. The number of anilines is 1. The third-order valence-electron chi connectivity index (χ3n) is 5.44. The van der Waals surface area contributed by atoms with E-state index in [-0.39, 0.29) is 0 Å². The number of aromatic nitrogens is 1. The summed E-state index contributed by atoms with van der Waals surface area (Å²) in [7, 11) is 0. The maximum Gasteiger partial charge on any atom is 0.490 e. The summed E-state index contributed by atoms with van der Waals surface area (Å²) < 4.78 is 31.7. The highest BCUT2D eigenvalue weighted by atomic mass is 19.4. The van der Waals surface area contributed by atoms with Gasteiger partial charge in [0.15, 0.2) is 0 Å². The molecular formula is C29H30F3N3O2. The molecule has 0 radical (unpaired) electrons. The molecular weight excluding hydrogens is 479 g/mol. The standard InChI is InChI=1S/C27H29N3.C2HF3O2/c1-20(2)17-28-18-22-5-3-6-24(15-22)23-10-8-21(9-11-23)19-30-26-12-13-27-25(16-26)7-4-14-29-27;3-2(4,5)1(6)7/h3-16,20,28,30H,17-19H2,1-2H3;(H,6,7). The first kappa shape index (κ1) is 27.7. The summed E-state index contributed by atoms with van der Waals surface area (Å²) in [6.45, 7) is 7.22. The average Bonchev–Trinajstić information content (AvgIpc) is 2.87. The zero-order valence-corrected chi connectivity index (χ0v) is 20.7. The van der Waals surface area contributed by atoms with Crippen molar-refractivity contribution in [1.29, 1.82) is 0 Å². The van der Waals surface area contributed by atoms with Gasteiger partial charge in [-0.3, -0.25) is 4.98 Å². The number of carboxylic acids is 1. The molecule has 8 heteroatoms. The highest BCUT2D eigenvalue weighted by Gasteiger charge is 2.38. The summed E-state index contributed by atoms with van der Waals surface area (Å²) in [5.74, 6) is -2.09. The van der Waals surface area contributed by atoms with Crippen LogP contribution in [0, 0.1) is 5.92 Å². The van der Waals surface area contributed by atoms with E-state index in [1.165, 1.54) is 22.3 Å². The monoisotopic (exact) mass is 509 g/mol. The Hall–Kier alpha value is -3.91. The van der Waals surface area contributed by atoms with Gasteiger partial charge in [0.2, 0.25) is 0 Å². The molecule has 0 amide bonds. The van der Waals surface area contributed by atoms with Crippen molar-refractivity contribution in [2.24, 2.45) is 5.92 Å². The van der Waals surface area contributed by atoms with E-state index in [0.717, 1.165) is 36.2 Å². The van der Waals surface area contributed by atoms with E-state index in [0.29, 0.717) is 5.92 Å². The van der Waals surface area contributed by atoms with Crippen molar-refractivity contribution < 1.29 is 23.1 Å². The number of hydrogen-bond donors (Lipinski definition) is 3. The minimum absolute atomic E-state index is 0.667. The first-order chi connectivity index (χ1) is 17.6. The summed E-state index contributed by atoms with van der Waals surface area (Å²) in [4.78, 5) is 13.3. The molecule has 5 nitrogen and oxygen atoms in total. The van der Waals surface area contributed by atoms with Crippen molar-refractivity contribution in [3.05, 3.63) is 96.2 Å². The predicted molar refractivity (Wildman–Crippen MR) is 141 cm³/mol. The summed E-state index contributed by atoms with van der Waals surface area (Å²) >= 11 is 0. The highest BCUT2D eigenvalue weighted by molar-refractivity contribution is 5.82. The summed E-state index contributed by atoms with van der Waals surface area (Å²) in [6.07, 6.45) is -3.26. The molecule has 0 aliphatic heterocycles. The molecule has 4 aromatic rings. The number of aliphatic carboxylic acids is 1. The van der Waals surface area contributed by atoms with Crippen LogP contribution in [-0.4, -0.2) is 28.8 Å². The lowest BCUT2D eigenvalue weighted by molar-refractivity contribution is -0.192. The van der Waals surface area contributed by atoms with Gasteiger partial charge in [-0.2, -0.15) is 13.2 Å². The van der Waals surface area contributed by atoms with E-state index in [9.17, 15) is 13.2 Å². The first-order valence-electron chi connectivity index (χ1n) is 11.9. The number of halogens is 3. The van der Waals surface area contributed by atoms with Gasteiger partial charge >= 0.3 is 12.1 Å². The fourth-order valence-corrected chi connectivity index (χ4v) is 3.57. The molecule has 0 atom stereocenters. The van der Waals surface area contributed by atoms with Crippen LogP contribution in [-0.2, 0) is 17.9 Å².